The SMILES string of the molecule is CCCCCCC/C=C\C/C=C\CCCCCCCCCCCCCC(=O)NC(COC1OC(CO)C(O)C(O)C1O)C(O)/C=C/CCCCCCCCCCCCCCCCCCCCC. The summed E-state index contributed by atoms with van der Waals surface area (Å²) in [5, 5.41) is 54.5. The highest BCUT2D eigenvalue weighted by Crippen LogP contribution is 2.23. The first-order valence-electron chi connectivity index (χ1n) is 28.7. The summed E-state index contributed by atoms with van der Waals surface area (Å²) < 4.78 is 11.3. The first kappa shape index (κ1) is 63.4. The van der Waals surface area contributed by atoms with Crippen LogP contribution >= 0.6 is 0 Å². The van der Waals surface area contributed by atoms with Crippen LogP contribution in [0.4, 0.5) is 0 Å². The van der Waals surface area contributed by atoms with Gasteiger partial charge in [0.25, 0.3) is 0 Å². The van der Waals surface area contributed by atoms with Crippen molar-refractivity contribution in [3.63, 3.8) is 0 Å². The van der Waals surface area contributed by atoms with Crippen LogP contribution in [0.5, 0.6) is 0 Å². The number of hydrogen-bond acceptors (Lipinski definition) is 8. The third-order valence-electron chi connectivity index (χ3n) is 13.7. The van der Waals surface area contributed by atoms with Crippen LogP contribution in [0.1, 0.15) is 271 Å². The van der Waals surface area contributed by atoms with Crippen molar-refractivity contribution in [3.05, 3.63) is 36.5 Å². The Bertz CT molecular complexity index is 1150. The molecule has 0 saturated carbocycles. The zero-order valence-electron chi connectivity index (χ0n) is 43.7. The second kappa shape index (κ2) is 48.1. The van der Waals surface area contributed by atoms with Crippen molar-refractivity contribution in [2.24, 2.45) is 0 Å². The molecule has 1 aliphatic heterocycles. The Hall–Kier alpha value is -1.59. The molecule has 1 rings (SSSR count). The fourth-order valence-electron chi connectivity index (χ4n) is 9.13. The molecule has 9 heteroatoms. The number of carbonyl (C=O) groups excluding carboxylic acids is 1. The van der Waals surface area contributed by atoms with E-state index in [-0.39, 0.29) is 12.5 Å². The fourth-order valence-corrected chi connectivity index (χ4v) is 9.13. The summed E-state index contributed by atoms with van der Waals surface area (Å²) in [7, 11) is 0. The Morgan fingerprint density at radius 2 is 0.881 bits per heavy atom. The molecule has 0 aliphatic carbocycles. The molecule has 0 aromatic rings. The molecule has 1 amide bonds. The average Bonchev–Trinajstić information content (AvgIpc) is 3.33. The second-order valence-electron chi connectivity index (χ2n) is 20.1. The van der Waals surface area contributed by atoms with Gasteiger partial charge in [-0.3, -0.25) is 4.79 Å². The van der Waals surface area contributed by atoms with Gasteiger partial charge in [0.1, 0.15) is 24.4 Å². The Morgan fingerprint density at radius 1 is 0.507 bits per heavy atom. The van der Waals surface area contributed by atoms with Crippen molar-refractivity contribution < 1.29 is 39.8 Å². The van der Waals surface area contributed by atoms with Crippen LogP contribution in [0.25, 0.3) is 0 Å². The van der Waals surface area contributed by atoms with Crippen LogP contribution in [0.2, 0.25) is 0 Å². The highest BCUT2D eigenvalue weighted by atomic mass is 16.7. The largest absolute Gasteiger partial charge is 0.394 e. The van der Waals surface area contributed by atoms with E-state index in [2.05, 4.69) is 43.5 Å². The fraction of sp³-hybridized carbons (Fsp3) is 0.879. The molecule has 1 saturated heterocycles. The predicted molar refractivity (Wildman–Crippen MR) is 281 cm³/mol. The van der Waals surface area contributed by atoms with Crippen LogP contribution in [0, 0.1) is 0 Å². The number of aliphatic hydroxyl groups excluding tert-OH is 5. The van der Waals surface area contributed by atoms with Crippen molar-refractivity contribution in [2.75, 3.05) is 13.2 Å². The maximum atomic E-state index is 13.1. The minimum atomic E-state index is -1.57. The monoisotopic (exact) mass is 948 g/mol. The third kappa shape index (κ3) is 37.9. The Labute approximate surface area is 412 Å². The van der Waals surface area contributed by atoms with Gasteiger partial charge in [-0.1, -0.05) is 249 Å². The number of unbranched alkanes of at least 4 members (excludes halogenated alkanes) is 35. The summed E-state index contributed by atoms with van der Waals surface area (Å²) in [4.78, 5) is 13.1. The maximum Gasteiger partial charge on any atom is 0.220 e. The molecular formula is C58H109NO8. The van der Waals surface area contributed by atoms with Gasteiger partial charge in [-0.05, 0) is 51.4 Å². The number of rotatable bonds is 49. The number of aliphatic hydroxyl groups is 5. The van der Waals surface area contributed by atoms with Gasteiger partial charge in [0.05, 0.1) is 25.4 Å². The minimum absolute atomic E-state index is 0.176. The molecule has 0 spiro atoms. The molecule has 7 atom stereocenters. The number of allylic oxidation sites excluding steroid dienone is 5. The zero-order chi connectivity index (χ0) is 48.7. The molecule has 0 aromatic carbocycles. The van der Waals surface area contributed by atoms with Gasteiger partial charge < -0.3 is 40.3 Å². The summed E-state index contributed by atoms with van der Waals surface area (Å²) in [5.41, 5.74) is 0. The molecule has 0 radical (unpaired) electrons. The number of amides is 1. The van der Waals surface area contributed by atoms with E-state index >= 15 is 0 Å². The normalized spacial score (nSPS) is 19.9. The smallest absolute Gasteiger partial charge is 0.220 e. The Balaban J connectivity index is 2.24. The van der Waals surface area contributed by atoms with E-state index in [0.717, 1.165) is 44.9 Å². The molecule has 1 fully saturated rings. The molecule has 0 aromatic heterocycles. The van der Waals surface area contributed by atoms with Gasteiger partial charge in [0.2, 0.25) is 5.91 Å². The van der Waals surface area contributed by atoms with Crippen LogP contribution in [-0.4, -0.2) is 87.5 Å². The highest BCUT2D eigenvalue weighted by Gasteiger charge is 2.44. The molecular weight excluding hydrogens is 839 g/mol. The molecule has 0 bridgehead atoms. The summed E-state index contributed by atoms with van der Waals surface area (Å²) in [6.07, 6.45) is 54.8. The first-order chi connectivity index (χ1) is 32.8. The molecule has 67 heavy (non-hydrogen) atoms. The van der Waals surface area contributed by atoms with Gasteiger partial charge in [0.15, 0.2) is 6.29 Å². The van der Waals surface area contributed by atoms with Crippen LogP contribution in [0.3, 0.4) is 0 Å². The lowest BCUT2D eigenvalue weighted by molar-refractivity contribution is -0.302. The second-order valence-corrected chi connectivity index (χ2v) is 20.1. The Morgan fingerprint density at radius 3 is 1.28 bits per heavy atom. The minimum Gasteiger partial charge on any atom is -0.394 e. The molecule has 7 unspecified atom stereocenters. The van der Waals surface area contributed by atoms with E-state index in [4.69, 9.17) is 9.47 Å². The number of carbonyl (C=O) groups is 1. The summed E-state index contributed by atoms with van der Waals surface area (Å²) in [6.45, 7) is 3.80. The number of hydrogen-bond donors (Lipinski definition) is 6. The van der Waals surface area contributed by atoms with Crippen molar-refractivity contribution in [1.29, 1.82) is 0 Å². The predicted octanol–water partition coefficient (Wildman–Crippen LogP) is 14.0. The van der Waals surface area contributed by atoms with Gasteiger partial charge in [-0.15, -0.1) is 0 Å². The van der Waals surface area contributed by atoms with Crippen molar-refractivity contribution in [2.45, 2.75) is 314 Å². The van der Waals surface area contributed by atoms with E-state index in [1.54, 1.807) is 6.08 Å². The highest BCUT2D eigenvalue weighted by molar-refractivity contribution is 5.76. The topological polar surface area (TPSA) is 149 Å². The van der Waals surface area contributed by atoms with Gasteiger partial charge in [-0.2, -0.15) is 0 Å². The van der Waals surface area contributed by atoms with E-state index < -0.39 is 49.5 Å². The lowest BCUT2D eigenvalue weighted by atomic mass is 9.99. The molecule has 6 N–H and O–H groups in total. The zero-order valence-corrected chi connectivity index (χ0v) is 43.7. The van der Waals surface area contributed by atoms with Crippen LogP contribution in [0.15, 0.2) is 36.5 Å². The van der Waals surface area contributed by atoms with E-state index in [1.807, 2.05) is 6.08 Å². The maximum absolute atomic E-state index is 13.1. The van der Waals surface area contributed by atoms with Gasteiger partial charge >= 0.3 is 0 Å². The first-order valence-corrected chi connectivity index (χ1v) is 28.7. The van der Waals surface area contributed by atoms with Crippen molar-refractivity contribution in [1.82, 2.24) is 5.32 Å². The summed E-state index contributed by atoms with van der Waals surface area (Å²) in [5.74, 6) is -0.176. The average molecular weight is 949 g/mol. The quantitative estimate of drug-likeness (QED) is 0.0261. The van der Waals surface area contributed by atoms with Crippen LogP contribution in [-0.2, 0) is 14.3 Å². The van der Waals surface area contributed by atoms with E-state index in [1.165, 1.54) is 205 Å². The Kier molecular flexibility index (Phi) is 45.5. The van der Waals surface area contributed by atoms with Crippen molar-refractivity contribution in [3.8, 4) is 0 Å². The van der Waals surface area contributed by atoms with Crippen LogP contribution < -0.4 is 5.32 Å². The molecule has 394 valence electrons. The standard InChI is InChI=1S/C58H109NO8/c1-3-5-7-9-11-13-15-17-19-21-23-25-26-28-30-32-34-36-38-40-42-44-46-48-54(62)59-51(50-66-58-57(65)56(64)55(63)53(49-60)67-58)52(61)47-45-43-41-39-37-35-33-31-29-27-24-22-20-18-16-14-12-10-8-6-4-2/h15,17,21,23,45,47,51-53,55-58,60-61,63-65H,3-14,16,18-20,22,24-44,46,48-50H2,1-2H3,(H,59,62)/b17-15-,23-21-,47-45+. The van der Waals surface area contributed by atoms with Gasteiger partial charge in [-0.25, -0.2) is 0 Å². The number of ether oxygens (including phenoxy) is 2. The number of nitrogens with one attached hydrogen (secondary N) is 1. The summed E-state index contributed by atoms with van der Waals surface area (Å²) in [6, 6.07) is -0.806. The van der Waals surface area contributed by atoms with E-state index in [0.29, 0.717) is 6.42 Å². The lowest BCUT2D eigenvalue weighted by Gasteiger charge is -2.40. The molecule has 1 heterocycles. The van der Waals surface area contributed by atoms with Gasteiger partial charge in [0, 0.05) is 6.42 Å². The van der Waals surface area contributed by atoms with E-state index in [9.17, 15) is 30.3 Å². The molecule has 1 aliphatic rings. The summed E-state index contributed by atoms with van der Waals surface area (Å²) >= 11 is 0. The molecule has 9 nitrogen and oxygen atoms in total. The van der Waals surface area contributed by atoms with Crippen molar-refractivity contribution >= 4 is 5.91 Å². The lowest BCUT2D eigenvalue weighted by Crippen LogP contribution is -2.60. The third-order valence-corrected chi connectivity index (χ3v) is 13.7.